The Morgan fingerprint density at radius 1 is 1.12 bits per heavy atom. The van der Waals surface area contributed by atoms with Gasteiger partial charge >= 0.3 is 0 Å². The van der Waals surface area contributed by atoms with Gasteiger partial charge in [-0.3, -0.25) is 14.7 Å². The monoisotopic (exact) mass is 565 g/mol. The van der Waals surface area contributed by atoms with E-state index in [1.807, 2.05) is 36.4 Å². The lowest BCUT2D eigenvalue weighted by atomic mass is 10.1. The summed E-state index contributed by atoms with van der Waals surface area (Å²) in [5.41, 5.74) is 3.07. The van der Waals surface area contributed by atoms with Gasteiger partial charge in [-0.25, -0.2) is 0 Å². The Labute approximate surface area is 214 Å². The number of rotatable bonds is 9. The van der Waals surface area contributed by atoms with Crippen molar-refractivity contribution in [1.82, 2.24) is 20.9 Å². The van der Waals surface area contributed by atoms with E-state index in [0.717, 1.165) is 49.9 Å². The fraction of sp³-hybridized carbons (Fsp3) is 0.440. The average molecular weight is 566 g/mol. The van der Waals surface area contributed by atoms with Crippen LogP contribution in [0, 0.1) is 0 Å². The van der Waals surface area contributed by atoms with Gasteiger partial charge in [0.1, 0.15) is 5.75 Å². The van der Waals surface area contributed by atoms with E-state index in [4.69, 9.17) is 4.74 Å². The number of nitrogens with zero attached hydrogens (tertiary/aromatic N) is 2. The van der Waals surface area contributed by atoms with Crippen LogP contribution in [0.4, 0.5) is 0 Å². The number of amides is 1. The van der Waals surface area contributed by atoms with Crippen molar-refractivity contribution < 1.29 is 9.53 Å². The third-order valence-corrected chi connectivity index (χ3v) is 5.89. The Bertz CT molecular complexity index is 898. The minimum atomic E-state index is -0.0660. The average Bonchev–Trinajstić information content (AvgIpc) is 3.37. The highest BCUT2D eigenvalue weighted by Gasteiger charge is 2.23. The number of carbonyl (C=O) groups excluding carboxylic acids is 1. The predicted molar refractivity (Wildman–Crippen MR) is 145 cm³/mol. The van der Waals surface area contributed by atoms with Gasteiger partial charge in [0.2, 0.25) is 0 Å². The van der Waals surface area contributed by atoms with Crippen molar-refractivity contribution in [2.45, 2.75) is 25.3 Å². The smallest absolute Gasteiger partial charge is 0.251 e. The molecule has 0 aromatic heterocycles. The fourth-order valence-corrected chi connectivity index (χ4v) is 4.09. The van der Waals surface area contributed by atoms with Crippen molar-refractivity contribution in [3.63, 3.8) is 0 Å². The number of nitrogens with one attached hydrogen (secondary N) is 3. The van der Waals surface area contributed by atoms with Crippen LogP contribution in [0.1, 0.15) is 40.4 Å². The molecule has 0 bridgehead atoms. The molecule has 33 heavy (non-hydrogen) atoms. The summed E-state index contributed by atoms with van der Waals surface area (Å²) in [6.45, 7) is 3.74. The maximum atomic E-state index is 11.8. The van der Waals surface area contributed by atoms with Gasteiger partial charge in [-0.15, -0.1) is 24.0 Å². The molecule has 1 saturated heterocycles. The lowest BCUT2D eigenvalue weighted by Crippen LogP contribution is -2.43. The molecule has 1 amide bonds. The molecule has 0 radical (unpaired) electrons. The number of hydrogen-bond donors (Lipinski definition) is 3. The molecule has 0 saturated carbocycles. The molecule has 1 fully saturated rings. The van der Waals surface area contributed by atoms with Crippen molar-refractivity contribution in [2.75, 3.05) is 47.4 Å². The zero-order chi connectivity index (χ0) is 22.8. The van der Waals surface area contributed by atoms with Gasteiger partial charge < -0.3 is 20.7 Å². The van der Waals surface area contributed by atoms with Gasteiger partial charge in [-0.05, 0) is 67.7 Å². The maximum Gasteiger partial charge on any atom is 0.251 e. The molecule has 1 unspecified atom stereocenters. The highest BCUT2D eigenvalue weighted by molar-refractivity contribution is 14.0. The Balaban J connectivity index is 0.00000385. The van der Waals surface area contributed by atoms with Crippen LogP contribution in [-0.4, -0.2) is 64.2 Å². The molecular formula is C25H36IN5O2. The normalized spacial score (nSPS) is 14.8. The van der Waals surface area contributed by atoms with Crippen molar-refractivity contribution in [1.29, 1.82) is 0 Å². The molecule has 180 valence electrons. The molecular weight excluding hydrogens is 529 g/mol. The first kappa shape index (κ1) is 26.9. The standard InChI is InChI=1S/C25H35N5O2.HI/c1-26-24(31)21-8-6-7-19(17-21)13-14-28-25(27-2)29-18-23(30-15-4-5-16-30)20-9-11-22(32-3)12-10-20;/h6-12,17,23H,4-5,13-16,18H2,1-3H3,(H,26,31)(H2,27,28,29);1H. The molecule has 0 aliphatic carbocycles. The summed E-state index contributed by atoms with van der Waals surface area (Å²) in [6.07, 6.45) is 3.29. The largest absolute Gasteiger partial charge is 0.497 e. The first-order chi connectivity index (χ1) is 15.6. The lowest BCUT2D eigenvalue weighted by molar-refractivity contribution is 0.0963. The van der Waals surface area contributed by atoms with Crippen LogP contribution < -0.4 is 20.7 Å². The highest BCUT2D eigenvalue weighted by Crippen LogP contribution is 2.26. The van der Waals surface area contributed by atoms with E-state index in [1.165, 1.54) is 18.4 Å². The number of guanidine groups is 1. The Morgan fingerprint density at radius 2 is 1.85 bits per heavy atom. The number of hydrogen-bond acceptors (Lipinski definition) is 4. The number of halogens is 1. The lowest BCUT2D eigenvalue weighted by Gasteiger charge is -2.29. The van der Waals surface area contributed by atoms with Gasteiger partial charge in [-0.1, -0.05) is 24.3 Å². The topological polar surface area (TPSA) is 78.0 Å². The van der Waals surface area contributed by atoms with Crippen molar-refractivity contribution >= 4 is 35.8 Å². The third-order valence-electron chi connectivity index (χ3n) is 5.89. The second-order valence-electron chi connectivity index (χ2n) is 7.94. The number of aliphatic imine (C=N–C) groups is 1. The second kappa shape index (κ2) is 14.0. The van der Waals surface area contributed by atoms with E-state index in [1.54, 1.807) is 21.2 Å². The fourth-order valence-electron chi connectivity index (χ4n) is 4.09. The number of benzene rings is 2. The van der Waals surface area contributed by atoms with Crippen LogP contribution in [0.5, 0.6) is 5.75 Å². The zero-order valence-corrected chi connectivity index (χ0v) is 22.1. The Hall–Kier alpha value is -2.33. The van der Waals surface area contributed by atoms with E-state index in [0.29, 0.717) is 5.56 Å². The first-order valence-electron chi connectivity index (χ1n) is 11.3. The molecule has 1 aliphatic rings. The number of ether oxygens (including phenoxy) is 1. The van der Waals surface area contributed by atoms with Gasteiger partial charge in [0.25, 0.3) is 5.91 Å². The minimum absolute atomic E-state index is 0. The molecule has 8 heteroatoms. The molecule has 7 nitrogen and oxygen atoms in total. The number of carbonyl (C=O) groups is 1. The van der Waals surface area contributed by atoms with Crippen LogP contribution in [0.25, 0.3) is 0 Å². The van der Waals surface area contributed by atoms with E-state index in [9.17, 15) is 4.79 Å². The summed E-state index contributed by atoms with van der Waals surface area (Å²) in [6, 6.07) is 16.4. The predicted octanol–water partition coefficient (Wildman–Crippen LogP) is 3.22. The van der Waals surface area contributed by atoms with Crippen LogP contribution in [-0.2, 0) is 6.42 Å². The molecule has 2 aromatic rings. The third kappa shape index (κ3) is 7.89. The van der Waals surface area contributed by atoms with Crippen molar-refractivity contribution in [2.24, 2.45) is 4.99 Å². The molecule has 1 heterocycles. The van der Waals surface area contributed by atoms with Crippen molar-refractivity contribution in [3.05, 3.63) is 65.2 Å². The zero-order valence-electron chi connectivity index (χ0n) is 19.8. The molecule has 1 atom stereocenters. The van der Waals surface area contributed by atoms with Crippen molar-refractivity contribution in [3.8, 4) is 5.75 Å². The van der Waals surface area contributed by atoms with E-state index < -0.39 is 0 Å². The summed E-state index contributed by atoms with van der Waals surface area (Å²) >= 11 is 0. The first-order valence-corrected chi connectivity index (χ1v) is 11.3. The Morgan fingerprint density at radius 3 is 2.48 bits per heavy atom. The van der Waals surface area contributed by atoms with Gasteiger partial charge in [-0.2, -0.15) is 0 Å². The van der Waals surface area contributed by atoms with Gasteiger partial charge in [0.15, 0.2) is 5.96 Å². The molecule has 3 rings (SSSR count). The SMILES string of the molecule is CN=C(NCCc1cccc(C(=O)NC)c1)NCC(c1ccc(OC)cc1)N1CCCC1.I. The van der Waals surface area contributed by atoms with E-state index in [-0.39, 0.29) is 35.9 Å². The second-order valence-corrected chi connectivity index (χ2v) is 7.94. The van der Waals surface area contributed by atoms with E-state index in [2.05, 4.69) is 38.0 Å². The Kier molecular flexibility index (Phi) is 11.5. The highest BCUT2D eigenvalue weighted by atomic mass is 127. The maximum absolute atomic E-state index is 11.8. The summed E-state index contributed by atoms with van der Waals surface area (Å²) in [5.74, 6) is 1.59. The number of likely N-dealkylation sites (tertiary alicyclic amines) is 1. The quantitative estimate of drug-likeness (QED) is 0.247. The van der Waals surface area contributed by atoms with E-state index >= 15 is 0 Å². The summed E-state index contributed by atoms with van der Waals surface area (Å²) < 4.78 is 5.32. The van der Waals surface area contributed by atoms with Gasteiger partial charge in [0.05, 0.1) is 13.2 Å². The summed E-state index contributed by atoms with van der Waals surface area (Å²) in [4.78, 5) is 18.8. The van der Waals surface area contributed by atoms with Crippen LogP contribution in [0.3, 0.4) is 0 Å². The van der Waals surface area contributed by atoms with Crippen LogP contribution >= 0.6 is 24.0 Å². The summed E-state index contributed by atoms with van der Waals surface area (Å²) in [7, 11) is 5.13. The van der Waals surface area contributed by atoms with Crippen LogP contribution in [0.15, 0.2) is 53.5 Å². The molecule has 3 N–H and O–H groups in total. The van der Waals surface area contributed by atoms with Crippen LogP contribution in [0.2, 0.25) is 0 Å². The minimum Gasteiger partial charge on any atom is -0.497 e. The van der Waals surface area contributed by atoms with Gasteiger partial charge in [0, 0.05) is 32.7 Å². The molecule has 2 aromatic carbocycles. The summed E-state index contributed by atoms with van der Waals surface area (Å²) in [5, 5.41) is 9.56. The molecule has 0 spiro atoms. The molecule has 1 aliphatic heterocycles. The number of methoxy groups -OCH3 is 1.